The Morgan fingerprint density at radius 1 is 1.42 bits per heavy atom. The van der Waals surface area contributed by atoms with Crippen LogP contribution in [0.4, 0.5) is 0 Å². The van der Waals surface area contributed by atoms with E-state index in [1.807, 2.05) is 0 Å². The highest BCUT2D eigenvalue weighted by molar-refractivity contribution is 9.09. The second-order valence-corrected chi connectivity index (χ2v) is 7.45. The lowest BCUT2D eigenvalue weighted by molar-refractivity contribution is -0.0247. The number of rotatable bonds is 4. The lowest BCUT2D eigenvalue weighted by Crippen LogP contribution is -2.54. The monoisotopic (exact) mass is 324 g/mol. The zero-order valence-corrected chi connectivity index (χ0v) is 14.3. The highest BCUT2D eigenvalue weighted by atomic mass is 79.9. The molecule has 3 atom stereocenters. The van der Waals surface area contributed by atoms with Crippen LogP contribution >= 0.6 is 15.9 Å². The maximum atomic E-state index is 6.32. The van der Waals surface area contributed by atoms with Crippen molar-refractivity contribution in [3.05, 3.63) is 29.3 Å². The molecule has 106 valence electrons. The molecular formula is C17H25BrO. The molecule has 19 heavy (non-hydrogen) atoms. The molecule has 0 bridgehead atoms. The topological polar surface area (TPSA) is 9.23 Å². The normalized spacial score (nSPS) is 30.3. The van der Waals surface area contributed by atoms with Gasteiger partial charge in [-0.15, -0.1) is 0 Å². The predicted octanol–water partition coefficient (Wildman–Crippen LogP) is 5.45. The van der Waals surface area contributed by atoms with Gasteiger partial charge in [0.15, 0.2) is 0 Å². The molecule has 0 aliphatic heterocycles. The van der Waals surface area contributed by atoms with Crippen molar-refractivity contribution in [2.45, 2.75) is 64.3 Å². The largest absolute Gasteiger partial charge is 0.489 e. The lowest BCUT2D eigenvalue weighted by Gasteiger charge is -2.50. The van der Waals surface area contributed by atoms with Crippen LogP contribution in [0.5, 0.6) is 5.75 Å². The van der Waals surface area contributed by atoms with Gasteiger partial charge in [0.1, 0.15) is 11.9 Å². The van der Waals surface area contributed by atoms with Gasteiger partial charge in [-0.2, -0.15) is 0 Å². The maximum Gasteiger partial charge on any atom is 0.122 e. The predicted molar refractivity (Wildman–Crippen MR) is 85.4 cm³/mol. The fourth-order valence-corrected chi connectivity index (χ4v) is 3.61. The summed E-state index contributed by atoms with van der Waals surface area (Å²) < 4.78 is 6.32. The Hall–Kier alpha value is -0.500. The second kappa shape index (κ2) is 5.47. The molecule has 1 fully saturated rings. The van der Waals surface area contributed by atoms with Crippen LogP contribution in [0.3, 0.4) is 0 Å². The summed E-state index contributed by atoms with van der Waals surface area (Å²) in [6.07, 6.45) is 2.59. The second-order valence-electron chi connectivity index (χ2n) is 6.35. The summed E-state index contributed by atoms with van der Waals surface area (Å²) in [6, 6.07) is 6.61. The summed E-state index contributed by atoms with van der Waals surface area (Å²) in [7, 11) is 0. The molecule has 2 heteroatoms. The molecule has 1 aromatic rings. The number of hydrogen-bond acceptors (Lipinski definition) is 1. The van der Waals surface area contributed by atoms with Gasteiger partial charge >= 0.3 is 0 Å². The van der Waals surface area contributed by atoms with Crippen molar-refractivity contribution >= 4 is 15.9 Å². The number of hydrogen-bond donors (Lipinski definition) is 0. The zero-order chi connectivity index (χ0) is 14.2. The number of ether oxygens (including phenoxy) is 1. The summed E-state index contributed by atoms with van der Waals surface area (Å²) in [5.74, 6) is 1.61. The highest BCUT2D eigenvalue weighted by Gasteiger charge is 2.50. The van der Waals surface area contributed by atoms with Gasteiger partial charge in [0.2, 0.25) is 0 Å². The number of alkyl halides is 1. The van der Waals surface area contributed by atoms with Gasteiger partial charge in [0.25, 0.3) is 0 Å². The summed E-state index contributed by atoms with van der Waals surface area (Å²) >= 11 is 3.77. The Bertz CT molecular complexity index is 455. The molecule has 0 spiro atoms. The van der Waals surface area contributed by atoms with Crippen molar-refractivity contribution in [2.24, 2.45) is 5.41 Å². The molecule has 0 N–H and O–H groups in total. The average Bonchev–Trinajstić information content (AvgIpc) is 2.39. The number of benzene rings is 1. The summed E-state index contributed by atoms with van der Waals surface area (Å²) in [5.41, 5.74) is 2.86. The van der Waals surface area contributed by atoms with Crippen LogP contribution in [0.2, 0.25) is 0 Å². The SMILES string of the molecule is CCC1(C)C(Br)CC1Oc1cc(C(C)C)ccc1C. The Kier molecular flexibility index (Phi) is 4.29. The van der Waals surface area contributed by atoms with Crippen LogP contribution in [0, 0.1) is 12.3 Å². The van der Waals surface area contributed by atoms with Crippen molar-refractivity contribution in [2.75, 3.05) is 0 Å². The van der Waals surface area contributed by atoms with Crippen molar-refractivity contribution in [1.82, 2.24) is 0 Å². The third-order valence-electron chi connectivity index (χ3n) is 4.78. The van der Waals surface area contributed by atoms with Crippen molar-refractivity contribution in [1.29, 1.82) is 0 Å². The van der Waals surface area contributed by atoms with Gasteiger partial charge in [0, 0.05) is 10.2 Å². The number of aryl methyl sites for hydroxylation is 1. The summed E-state index contributed by atoms with van der Waals surface area (Å²) in [5, 5.41) is 0. The van der Waals surface area contributed by atoms with E-state index in [0.29, 0.717) is 16.8 Å². The van der Waals surface area contributed by atoms with Gasteiger partial charge in [-0.1, -0.05) is 55.8 Å². The summed E-state index contributed by atoms with van der Waals surface area (Å²) in [4.78, 5) is 0.587. The van der Waals surface area contributed by atoms with E-state index < -0.39 is 0 Å². The standard InChI is InChI=1S/C17H25BrO/c1-6-17(5)15(18)10-16(17)19-14-9-13(11(2)3)8-7-12(14)4/h7-9,11,15-16H,6,10H2,1-5H3. The fraction of sp³-hybridized carbons (Fsp3) is 0.647. The van der Waals surface area contributed by atoms with E-state index in [-0.39, 0.29) is 5.41 Å². The van der Waals surface area contributed by atoms with E-state index in [9.17, 15) is 0 Å². The first-order valence-electron chi connectivity index (χ1n) is 7.29. The van der Waals surface area contributed by atoms with E-state index >= 15 is 0 Å². The van der Waals surface area contributed by atoms with Gasteiger partial charge in [-0.3, -0.25) is 0 Å². The van der Waals surface area contributed by atoms with E-state index in [0.717, 1.165) is 18.6 Å². The molecule has 0 radical (unpaired) electrons. The van der Waals surface area contributed by atoms with Crippen molar-refractivity contribution in [3.8, 4) is 5.75 Å². The molecule has 1 aliphatic rings. The van der Waals surface area contributed by atoms with Gasteiger partial charge < -0.3 is 4.74 Å². The maximum absolute atomic E-state index is 6.32. The smallest absolute Gasteiger partial charge is 0.122 e. The van der Waals surface area contributed by atoms with E-state index in [2.05, 4.69) is 68.7 Å². The molecule has 0 aromatic heterocycles. The Labute approximate surface area is 125 Å². The first kappa shape index (κ1) is 14.9. The molecule has 0 amide bonds. The third kappa shape index (κ3) is 2.69. The fourth-order valence-electron chi connectivity index (χ4n) is 2.66. The molecule has 1 aliphatic carbocycles. The van der Waals surface area contributed by atoms with Crippen LogP contribution in [0.15, 0.2) is 18.2 Å². The Morgan fingerprint density at radius 3 is 2.63 bits per heavy atom. The molecular weight excluding hydrogens is 300 g/mol. The van der Waals surface area contributed by atoms with Gasteiger partial charge in [0.05, 0.1) is 0 Å². The molecule has 2 rings (SSSR count). The first-order chi connectivity index (χ1) is 8.88. The molecule has 3 unspecified atom stereocenters. The van der Waals surface area contributed by atoms with Crippen LogP contribution < -0.4 is 4.74 Å². The van der Waals surface area contributed by atoms with Gasteiger partial charge in [-0.05, 0) is 42.9 Å². The minimum absolute atomic E-state index is 0.264. The van der Waals surface area contributed by atoms with E-state index in [4.69, 9.17) is 4.74 Å². The van der Waals surface area contributed by atoms with Gasteiger partial charge in [-0.25, -0.2) is 0 Å². The minimum Gasteiger partial charge on any atom is -0.489 e. The molecule has 0 saturated heterocycles. The zero-order valence-electron chi connectivity index (χ0n) is 12.7. The minimum atomic E-state index is 0.264. The molecule has 1 aromatic carbocycles. The lowest BCUT2D eigenvalue weighted by atomic mass is 9.65. The van der Waals surface area contributed by atoms with Crippen molar-refractivity contribution in [3.63, 3.8) is 0 Å². The first-order valence-corrected chi connectivity index (χ1v) is 8.21. The molecule has 1 nitrogen and oxygen atoms in total. The molecule has 1 saturated carbocycles. The Morgan fingerprint density at radius 2 is 2.11 bits per heavy atom. The van der Waals surface area contributed by atoms with Crippen LogP contribution in [0.1, 0.15) is 57.6 Å². The summed E-state index contributed by atoms with van der Waals surface area (Å²) in [6.45, 7) is 11.2. The van der Waals surface area contributed by atoms with Crippen LogP contribution in [0.25, 0.3) is 0 Å². The quantitative estimate of drug-likeness (QED) is 0.669. The van der Waals surface area contributed by atoms with E-state index in [1.165, 1.54) is 11.1 Å². The van der Waals surface area contributed by atoms with Crippen molar-refractivity contribution < 1.29 is 4.74 Å². The highest BCUT2D eigenvalue weighted by Crippen LogP contribution is 2.50. The molecule has 0 heterocycles. The van der Waals surface area contributed by atoms with E-state index in [1.54, 1.807) is 0 Å². The average molecular weight is 325 g/mol. The van der Waals surface area contributed by atoms with Crippen LogP contribution in [-0.4, -0.2) is 10.9 Å². The number of halogens is 1. The Balaban J connectivity index is 2.18. The van der Waals surface area contributed by atoms with Crippen LogP contribution in [-0.2, 0) is 0 Å². The third-order valence-corrected chi connectivity index (χ3v) is 6.20.